The number of amides is 1. The van der Waals surface area contributed by atoms with Crippen molar-refractivity contribution in [2.24, 2.45) is 5.73 Å². The van der Waals surface area contributed by atoms with Crippen molar-refractivity contribution >= 4 is 11.6 Å². The van der Waals surface area contributed by atoms with Crippen LogP contribution in [0, 0.1) is 11.6 Å². The van der Waals surface area contributed by atoms with E-state index in [1.165, 1.54) is 12.1 Å². The van der Waals surface area contributed by atoms with Crippen LogP contribution in [0.25, 0.3) is 0 Å². The average Bonchev–Trinajstić information content (AvgIpc) is 2.71. The van der Waals surface area contributed by atoms with Crippen molar-refractivity contribution in [1.82, 2.24) is 0 Å². The van der Waals surface area contributed by atoms with Crippen molar-refractivity contribution in [3.63, 3.8) is 0 Å². The van der Waals surface area contributed by atoms with Crippen LogP contribution in [0.2, 0.25) is 0 Å². The van der Waals surface area contributed by atoms with Crippen molar-refractivity contribution < 1.29 is 31.5 Å². The number of primary amides is 1. The molecule has 9 heteroatoms. The van der Waals surface area contributed by atoms with Crippen molar-refractivity contribution in [2.45, 2.75) is 19.3 Å². The van der Waals surface area contributed by atoms with Gasteiger partial charge in [0.25, 0.3) is 5.91 Å². The summed E-state index contributed by atoms with van der Waals surface area (Å²) in [5, 5.41) is 2.76. The van der Waals surface area contributed by atoms with Gasteiger partial charge in [-0.3, -0.25) is 4.79 Å². The number of rotatable bonds is 7. The average molecular weight is 436 g/mol. The zero-order valence-corrected chi connectivity index (χ0v) is 16.0. The van der Waals surface area contributed by atoms with Crippen molar-refractivity contribution in [2.75, 3.05) is 5.32 Å². The topological polar surface area (TPSA) is 64.4 Å². The molecular formula is C22H17F5N2O2. The smallest absolute Gasteiger partial charge is 0.416 e. The Bertz CT molecular complexity index is 1080. The van der Waals surface area contributed by atoms with E-state index in [9.17, 15) is 26.7 Å². The van der Waals surface area contributed by atoms with E-state index in [0.29, 0.717) is 16.9 Å². The van der Waals surface area contributed by atoms with E-state index in [0.717, 1.165) is 24.3 Å². The van der Waals surface area contributed by atoms with Gasteiger partial charge in [-0.05, 0) is 47.5 Å². The van der Waals surface area contributed by atoms with Crippen molar-refractivity contribution in [3.05, 3.63) is 94.6 Å². The molecule has 0 saturated carbocycles. The van der Waals surface area contributed by atoms with Crippen LogP contribution in [0.15, 0.2) is 60.7 Å². The third-order valence-corrected chi connectivity index (χ3v) is 4.41. The van der Waals surface area contributed by atoms with E-state index >= 15 is 0 Å². The van der Waals surface area contributed by atoms with E-state index in [1.54, 1.807) is 24.3 Å². The Morgan fingerprint density at radius 3 is 2.32 bits per heavy atom. The number of hydrogen-bond donors (Lipinski definition) is 2. The third kappa shape index (κ3) is 5.50. The van der Waals surface area contributed by atoms with Gasteiger partial charge in [0.1, 0.15) is 23.7 Å². The maximum absolute atomic E-state index is 14.3. The lowest BCUT2D eigenvalue weighted by Gasteiger charge is -2.12. The van der Waals surface area contributed by atoms with Gasteiger partial charge in [-0.25, -0.2) is 8.78 Å². The normalized spacial score (nSPS) is 11.3. The highest BCUT2D eigenvalue weighted by atomic mass is 19.4. The fourth-order valence-corrected chi connectivity index (χ4v) is 2.81. The molecule has 0 atom stereocenters. The molecule has 31 heavy (non-hydrogen) atoms. The third-order valence-electron chi connectivity index (χ3n) is 4.41. The molecule has 0 aliphatic carbocycles. The summed E-state index contributed by atoms with van der Waals surface area (Å²) in [6, 6.07) is 13.5. The highest BCUT2D eigenvalue weighted by Crippen LogP contribution is 2.29. The standard InChI is InChI=1S/C22H17F5N2O2/c23-17-8-9-18(20(24)19(17)21(28)30)29-11-14-2-1-3-16(10-14)31-12-13-4-6-15(7-5-13)22(25,26)27/h1-10,29H,11-12H2,(H2,28,30). The van der Waals surface area contributed by atoms with E-state index < -0.39 is 34.8 Å². The van der Waals surface area contributed by atoms with E-state index in [-0.39, 0.29) is 18.8 Å². The molecule has 0 bridgehead atoms. The van der Waals surface area contributed by atoms with Gasteiger partial charge >= 0.3 is 6.18 Å². The molecule has 0 saturated heterocycles. The van der Waals surface area contributed by atoms with Crippen LogP contribution in [0.1, 0.15) is 27.0 Å². The monoisotopic (exact) mass is 436 g/mol. The summed E-state index contributed by atoms with van der Waals surface area (Å²) in [6.07, 6.45) is -4.40. The van der Waals surface area contributed by atoms with Gasteiger partial charge in [0.05, 0.1) is 11.3 Å². The van der Waals surface area contributed by atoms with Crippen LogP contribution in [-0.4, -0.2) is 5.91 Å². The molecule has 0 spiro atoms. The summed E-state index contributed by atoms with van der Waals surface area (Å²) >= 11 is 0. The molecule has 162 valence electrons. The highest BCUT2D eigenvalue weighted by Gasteiger charge is 2.29. The molecule has 0 heterocycles. The highest BCUT2D eigenvalue weighted by molar-refractivity contribution is 5.94. The number of anilines is 1. The molecule has 1 amide bonds. The first-order valence-electron chi connectivity index (χ1n) is 9.04. The number of ether oxygens (including phenoxy) is 1. The Labute approximate surface area is 174 Å². The number of benzene rings is 3. The zero-order valence-electron chi connectivity index (χ0n) is 16.0. The summed E-state index contributed by atoms with van der Waals surface area (Å²) < 4.78 is 71.3. The fraction of sp³-hybridized carbons (Fsp3) is 0.136. The largest absolute Gasteiger partial charge is 0.489 e. The molecule has 4 nitrogen and oxygen atoms in total. The SMILES string of the molecule is NC(=O)c1c(F)ccc(NCc2cccc(OCc3ccc(C(F)(F)F)cc3)c2)c1F. The predicted octanol–water partition coefficient (Wildman–Crippen LogP) is 5.27. The van der Waals surface area contributed by atoms with E-state index in [2.05, 4.69) is 5.32 Å². The Morgan fingerprint density at radius 2 is 1.68 bits per heavy atom. The van der Waals surface area contributed by atoms with Crippen LogP contribution in [0.3, 0.4) is 0 Å². The van der Waals surface area contributed by atoms with E-state index in [1.807, 2.05) is 0 Å². The van der Waals surface area contributed by atoms with Gasteiger partial charge in [0.2, 0.25) is 0 Å². The lowest BCUT2D eigenvalue weighted by atomic mass is 10.1. The molecule has 0 unspecified atom stereocenters. The quantitative estimate of drug-likeness (QED) is 0.496. The van der Waals surface area contributed by atoms with Gasteiger partial charge in [-0.1, -0.05) is 24.3 Å². The van der Waals surface area contributed by atoms with Gasteiger partial charge in [-0.2, -0.15) is 13.2 Å². The molecule has 0 aliphatic rings. The van der Waals surface area contributed by atoms with Crippen LogP contribution in [0.5, 0.6) is 5.75 Å². The molecule has 3 N–H and O–H groups in total. The lowest BCUT2D eigenvalue weighted by Crippen LogP contribution is -2.17. The Morgan fingerprint density at radius 1 is 0.968 bits per heavy atom. The molecular weight excluding hydrogens is 419 g/mol. The van der Waals surface area contributed by atoms with Crippen LogP contribution in [0.4, 0.5) is 27.6 Å². The molecule has 0 radical (unpaired) electrons. The number of nitrogens with two attached hydrogens (primary N) is 1. The maximum atomic E-state index is 14.3. The second-order valence-corrected chi connectivity index (χ2v) is 6.63. The lowest BCUT2D eigenvalue weighted by molar-refractivity contribution is -0.137. The van der Waals surface area contributed by atoms with Gasteiger partial charge < -0.3 is 15.8 Å². The Kier molecular flexibility index (Phi) is 6.43. The molecule has 0 aliphatic heterocycles. The summed E-state index contributed by atoms with van der Waals surface area (Å²) in [5.74, 6) is -2.88. The van der Waals surface area contributed by atoms with Crippen LogP contribution < -0.4 is 15.8 Å². The summed E-state index contributed by atoms with van der Waals surface area (Å²) in [7, 11) is 0. The molecule has 0 fully saturated rings. The second-order valence-electron chi connectivity index (χ2n) is 6.63. The minimum Gasteiger partial charge on any atom is -0.489 e. The first kappa shape index (κ1) is 22.1. The minimum absolute atomic E-state index is 0.0591. The minimum atomic E-state index is -4.40. The molecule has 3 aromatic rings. The Hall–Kier alpha value is -3.62. The van der Waals surface area contributed by atoms with Gasteiger partial charge in [0.15, 0.2) is 5.82 Å². The number of carbonyl (C=O) groups excluding carboxylic acids is 1. The first-order valence-corrected chi connectivity index (χ1v) is 9.04. The van der Waals surface area contributed by atoms with Crippen LogP contribution in [-0.2, 0) is 19.3 Å². The zero-order chi connectivity index (χ0) is 22.6. The Balaban J connectivity index is 1.63. The number of hydrogen-bond acceptors (Lipinski definition) is 3. The second kappa shape index (κ2) is 9.03. The summed E-state index contributed by atoms with van der Waals surface area (Å²) in [5.41, 5.74) is 4.60. The predicted molar refractivity (Wildman–Crippen MR) is 104 cm³/mol. The maximum Gasteiger partial charge on any atom is 0.416 e. The number of nitrogens with one attached hydrogen (secondary N) is 1. The molecule has 0 aromatic heterocycles. The van der Waals surface area contributed by atoms with Gasteiger partial charge in [0, 0.05) is 6.54 Å². The summed E-state index contributed by atoms with van der Waals surface area (Å²) in [4.78, 5) is 11.2. The summed E-state index contributed by atoms with van der Waals surface area (Å²) in [6.45, 7) is 0.196. The number of halogens is 5. The molecule has 3 rings (SSSR count). The number of carbonyl (C=O) groups is 1. The van der Waals surface area contributed by atoms with Crippen LogP contribution >= 0.6 is 0 Å². The van der Waals surface area contributed by atoms with E-state index in [4.69, 9.17) is 10.5 Å². The first-order chi connectivity index (χ1) is 14.6. The fourth-order valence-electron chi connectivity index (χ4n) is 2.81. The van der Waals surface area contributed by atoms with Gasteiger partial charge in [-0.15, -0.1) is 0 Å². The number of alkyl halides is 3. The van der Waals surface area contributed by atoms with Crippen molar-refractivity contribution in [3.8, 4) is 5.75 Å². The van der Waals surface area contributed by atoms with Crippen molar-refractivity contribution in [1.29, 1.82) is 0 Å². The molecule has 3 aromatic carbocycles.